The van der Waals surface area contributed by atoms with Gasteiger partial charge in [0.25, 0.3) is 0 Å². The van der Waals surface area contributed by atoms with Crippen molar-refractivity contribution in [3.8, 4) is 0 Å². The van der Waals surface area contributed by atoms with E-state index >= 15 is 0 Å². The highest BCUT2D eigenvalue weighted by Gasteiger charge is 2.51. The minimum absolute atomic E-state index is 0.256. The first-order valence-corrected chi connectivity index (χ1v) is 19.4. The van der Waals surface area contributed by atoms with E-state index in [-0.39, 0.29) is 6.42 Å². The number of carbonyl (C=O) groups is 1. The number of aliphatic hydroxyl groups is 7. The van der Waals surface area contributed by atoms with E-state index in [2.05, 4.69) is 31.3 Å². The summed E-state index contributed by atoms with van der Waals surface area (Å²) in [5.74, 6) is -0.610. The lowest BCUT2D eigenvalue weighted by Crippen LogP contribution is -2.64. The maximum atomic E-state index is 12.8. The zero-order valence-electron chi connectivity index (χ0n) is 28.9. The van der Waals surface area contributed by atoms with Crippen LogP contribution >= 0.6 is 7.82 Å². The number of carbonyl (C=O) groups excluding carboxylic acids is 1. The van der Waals surface area contributed by atoms with Crippen molar-refractivity contribution in [2.24, 2.45) is 0 Å². The Morgan fingerprint density at radius 2 is 1.23 bits per heavy atom. The van der Waals surface area contributed by atoms with Crippen LogP contribution < -0.4 is 5.32 Å². The minimum Gasteiger partial charge on any atom is -0.393 e. The molecule has 48 heavy (non-hydrogen) atoms. The summed E-state index contributed by atoms with van der Waals surface area (Å²) in [4.78, 5) is 23.1. The van der Waals surface area contributed by atoms with E-state index in [4.69, 9.17) is 9.05 Å². The Hall–Kier alpha value is -1.22. The normalized spacial score (nSPS) is 26.5. The predicted octanol–water partition coefficient (Wildman–Crippen LogP) is 3.30. The summed E-state index contributed by atoms with van der Waals surface area (Å²) >= 11 is 0. The second kappa shape index (κ2) is 25.7. The number of phosphoric acid groups is 1. The predicted molar refractivity (Wildman–Crippen MR) is 183 cm³/mol. The lowest BCUT2D eigenvalue weighted by atomic mass is 9.85. The molecule has 1 rings (SSSR count). The van der Waals surface area contributed by atoms with Crippen molar-refractivity contribution in [3.05, 3.63) is 24.3 Å². The molecular weight excluding hydrogens is 645 g/mol. The number of unbranched alkanes of at least 4 members (excludes halogenated alkanes) is 12. The highest BCUT2D eigenvalue weighted by Crippen LogP contribution is 2.47. The summed E-state index contributed by atoms with van der Waals surface area (Å²) in [6, 6.07) is -1.24. The van der Waals surface area contributed by atoms with E-state index < -0.39 is 75.2 Å². The smallest absolute Gasteiger partial charge is 0.393 e. The SMILES string of the molecule is CCCC/C=C\CCCCCC(O)CC(=O)NC(COP(=O)(O)OC1C(O)C(O)C(O)C(O)C1O)C(O)/C=C/CCCCCCCCC. The number of rotatable bonds is 27. The third-order valence-electron chi connectivity index (χ3n) is 8.53. The van der Waals surface area contributed by atoms with E-state index in [1.165, 1.54) is 38.2 Å². The minimum atomic E-state index is -5.12. The monoisotopic (exact) mass is 709 g/mol. The fourth-order valence-corrected chi connectivity index (χ4v) is 6.42. The average molecular weight is 710 g/mol. The van der Waals surface area contributed by atoms with Gasteiger partial charge in [0.05, 0.1) is 31.3 Å². The molecule has 0 radical (unpaired) electrons. The maximum absolute atomic E-state index is 12.8. The third kappa shape index (κ3) is 18.7. The van der Waals surface area contributed by atoms with Gasteiger partial charge in [-0.3, -0.25) is 13.8 Å². The summed E-state index contributed by atoms with van der Waals surface area (Å²) in [6.45, 7) is 3.58. The van der Waals surface area contributed by atoms with E-state index in [1.807, 2.05) is 0 Å². The second-order valence-corrected chi connectivity index (χ2v) is 14.3. The molecule has 0 aliphatic heterocycles. The molecule has 8 atom stereocenters. The molecule has 1 aliphatic rings. The number of phosphoric ester groups is 1. The van der Waals surface area contributed by atoms with Crippen LogP contribution in [0.25, 0.3) is 0 Å². The van der Waals surface area contributed by atoms with Gasteiger partial charge in [-0.05, 0) is 38.5 Å². The largest absolute Gasteiger partial charge is 0.472 e. The second-order valence-electron chi connectivity index (χ2n) is 12.9. The molecule has 0 saturated heterocycles. The highest BCUT2D eigenvalue weighted by atomic mass is 31.2. The third-order valence-corrected chi connectivity index (χ3v) is 9.52. The molecule has 0 aromatic rings. The van der Waals surface area contributed by atoms with Crippen LogP contribution in [0.5, 0.6) is 0 Å². The molecule has 0 aromatic carbocycles. The van der Waals surface area contributed by atoms with Crippen LogP contribution in [0.2, 0.25) is 0 Å². The Morgan fingerprint density at radius 1 is 0.729 bits per heavy atom. The summed E-state index contributed by atoms with van der Waals surface area (Å²) < 4.78 is 22.6. The van der Waals surface area contributed by atoms with Gasteiger partial charge in [0.1, 0.15) is 36.6 Å². The molecule has 0 aromatic heterocycles. The molecule has 0 spiro atoms. The molecule has 1 amide bonds. The molecule has 0 heterocycles. The van der Waals surface area contributed by atoms with Crippen LogP contribution in [0.15, 0.2) is 24.3 Å². The van der Waals surface area contributed by atoms with Crippen LogP contribution in [-0.2, 0) is 18.4 Å². The van der Waals surface area contributed by atoms with Gasteiger partial charge in [0.2, 0.25) is 5.91 Å². The van der Waals surface area contributed by atoms with E-state index in [0.29, 0.717) is 12.8 Å². The van der Waals surface area contributed by atoms with Gasteiger partial charge < -0.3 is 46.0 Å². The van der Waals surface area contributed by atoms with Gasteiger partial charge in [-0.15, -0.1) is 0 Å². The van der Waals surface area contributed by atoms with Crippen LogP contribution in [-0.4, -0.2) is 108 Å². The van der Waals surface area contributed by atoms with Crippen molar-refractivity contribution in [2.75, 3.05) is 6.61 Å². The summed E-state index contributed by atoms with van der Waals surface area (Å²) in [6.07, 6.45) is 8.97. The highest BCUT2D eigenvalue weighted by molar-refractivity contribution is 7.47. The van der Waals surface area contributed by atoms with Crippen molar-refractivity contribution in [1.29, 1.82) is 0 Å². The lowest BCUT2D eigenvalue weighted by molar-refractivity contribution is -0.220. The standard InChI is InChI=1S/C34H64NO12P/c1-3-5-7-9-11-13-15-17-19-21-25(36)23-28(38)35-26(27(37)22-20-18-16-14-12-10-8-6-4-2)24-46-48(44,45)47-34-32(42)30(40)29(39)31(41)33(34)43/h9,11,20,22,25-27,29-34,36-37,39-43H,3-8,10,12-19,21,23-24H2,1-2H3,(H,35,38)(H,44,45)/b11-9-,22-20+. The van der Waals surface area contributed by atoms with Gasteiger partial charge in [0, 0.05) is 0 Å². The molecule has 1 fully saturated rings. The van der Waals surface area contributed by atoms with Crippen molar-refractivity contribution >= 4 is 13.7 Å². The average Bonchev–Trinajstić information content (AvgIpc) is 3.05. The Morgan fingerprint density at radius 3 is 1.83 bits per heavy atom. The molecule has 9 N–H and O–H groups in total. The zero-order chi connectivity index (χ0) is 36.0. The molecule has 1 aliphatic carbocycles. The van der Waals surface area contributed by atoms with Crippen LogP contribution in [0.1, 0.15) is 123 Å². The van der Waals surface area contributed by atoms with Gasteiger partial charge in [0.15, 0.2) is 0 Å². The number of allylic oxidation sites excluding steroid dienone is 3. The maximum Gasteiger partial charge on any atom is 0.472 e. The Labute approximate surface area is 286 Å². The summed E-state index contributed by atoms with van der Waals surface area (Å²) in [5.41, 5.74) is 0. The molecule has 8 unspecified atom stereocenters. The van der Waals surface area contributed by atoms with E-state index in [1.54, 1.807) is 6.08 Å². The first-order valence-electron chi connectivity index (χ1n) is 17.9. The van der Waals surface area contributed by atoms with Gasteiger partial charge >= 0.3 is 7.82 Å². The fraction of sp³-hybridized carbons (Fsp3) is 0.853. The first kappa shape index (κ1) is 44.8. The molecular formula is C34H64NO12P. The quantitative estimate of drug-likeness (QED) is 0.0340. The molecule has 0 bridgehead atoms. The van der Waals surface area contributed by atoms with Gasteiger partial charge in [-0.1, -0.05) is 102 Å². The van der Waals surface area contributed by atoms with E-state index in [0.717, 1.165) is 57.8 Å². The van der Waals surface area contributed by atoms with Crippen molar-refractivity contribution in [3.63, 3.8) is 0 Å². The van der Waals surface area contributed by atoms with Crippen LogP contribution in [0.4, 0.5) is 0 Å². The molecule has 282 valence electrons. The van der Waals surface area contributed by atoms with Crippen molar-refractivity contribution in [2.45, 2.75) is 178 Å². The number of hydrogen-bond donors (Lipinski definition) is 9. The summed E-state index contributed by atoms with van der Waals surface area (Å²) in [7, 11) is -5.12. The number of nitrogens with one attached hydrogen (secondary N) is 1. The number of amides is 1. The van der Waals surface area contributed by atoms with Crippen LogP contribution in [0.3, 0.4) is 0 Å². The first-order chi connectivity index (χ1) is 22.8. The Bertz CT molecular complexity index is 937. The van der Waals surface area contributed by atoms with Crippen molar-refractivity contribution in [1.82, 2.24) is 5.32 Å². The lowest BCUT2D eigenvalue weighted by Gasteiger charge is -2.41. The Balaban J connectivity index is 2.73. The molecule has 1 saturated carbocycles. The zero-order valence-corrected chi connectivity index (χ0v) is 29.8. The number of aliphatic hydroxyl groups excluding tert-OH is 7. The van der Waals surface area contributed by atoms with Gasteiger partial charge in [-0.2, -0.15) is 0 Å². The fourth-order valence-electron chi connectivity index (χ4n) is 5.45. The summed E-state index contributed by atoms with van der Waals surface area (Å²) in [5, 5.41) is 73.7. The van der Waals surface area contributed by atoms with Gasteiger partial charge in [-0.25, -0.2) is 4.57 Å². The Kier molecular flexibility index (Phi) is 24.0. The molecule has 13 nitrogen and oxygen atoms in total. The van der Waals surface area contributed by atoms with Crippen molar-refractivity contribution < 1.29 is 59.0 Å². The van der Waals surface area contributed by atoms with E-state index in [9.17, 15) is 50.0 Å². The topological polar surface area (TPSA) is 226 Å². The van der Waals surface area contributed by atoms with Crippen LogP contribution in [0, 0.1) is 0 Å². The number of hydrogen-bond acceptors (Lipinski definition) is 11. The molecule has 14 heteroatoms.